The van der Waals surface area contributed by atoms with Gasteiger partial charge in [0.2, 0.25) is 11.1 Å². The van der Waals surface area contributed by atoms with Crippen LogP contribution in [0.25, 0.3) is 27.7 Å². The molecule has 4 aromatic rings. The summed E-state index contributed by atoms with van der Waals surface area (Å²) in [6, 6.07) is 11.2. The zero-order valence-corrected chi connectivity index (χ0v) is 17.0. The number of aromatic amines is 1. The van der Waals surface area contributed by atoms with E-state index in [2.05, 4.69) is 17.1 Å². The third-order valence-electron chi connectivity index (χ3n) is 6.16. The maximum Gasteiger partial charge on any atom is 0.293 e. The number of aromatic nitrogens is 2. The van der Waals surface area contributed by atoms with Gasteiger partial charge in [0, 0.05) is 25.7 Å². The van der Waals surface area contributed by atoms with Crippen molar-refractivity contribution in [2.45, 2.75) is 6.04 Å². The van der Waals surface area contributed by atoms with Gasteiger partial charge in [-0.15, -0.1) is 0 Å². The Bertz CT molecular complexity index is 1520. The lowest BCUT2D eigenvalue weighted by atomic mass is 10.0. The van der Waals surface area contributed by atoms with Gasteiger partial charge < -0.3 is 19.5 Å². The predicted octanol–water partition coefficient (Wildman–Crippen LogP) is 2.59. The van der Waals surface area contributed by atoms with E-state index in [0.29, 0.717) is 30.8 Å². The molecule has 8 nitrogen and oxygen atoms in total. The van der Waals surface area contributed by atoms with E-state index >= 15 is 4.39 Å². The molecule has 0 bridgehead atoms. The van der Waals surface area contributed by atoms with E-state index in [4.69, 9.17) is 9.26 Å². The van der Waals surface area contributed by atoms with Gasteiger partial charge in [0.1, 0.15) is 17.8 Å². The molecule has 9 heteroatoms. The molecular formula is C23H19FN4O4. The van der Waals surface area contributed by atoms with Crippen molar-refractivity contribution in [3.63, 3.8) is 0 Å². The SMILES string of the molecule is C=C1COc2c(N3CCNC(c4ccccc4)C3)c(F)cc3c(=O)c4c(=O)[nH]oc4n1c23. The molecule has 2 aromatic heterocycles. The average Bonchev–Trinajstić information content (AvgIpc) is 3.20. The Hall–Kier alpha value is -3.85. The van der Waals surface area contributed by atoms with Crippen molar-refractivity contribution in [3.8, 4) is 5.75 Å². The third kappa shape index (κ3) is 2.57. The number of H-pyrrole nitrogens is 1. The summed E-state index contributed by atoms with van der Waals surface area (Å²) in [6.07, 6.45) is 0. The first kappa shape index (κ1) is 18.9. The monoisotopic (exact) mass is 434 g/mol. The second kappa shape index (κ2) is 6.83. The van der Waals surface area contributed by atoms with Crippen LogP contribution in [0.4, 0.5) is 10.1 Å². The lowest BCUT2D eigenvalue weighted by Crippen LogP contribution is -2.46. The van der Waals surface area contributed by atoms with Crippen molar-refractivity contribution in [1.82, 2.24) is 15.0 Å². The molecule has 4 heterocycles. The molecule has 6 rings (SSSR count). The van der Waals surface area contributed by atoms with E-state index in [0.717, 1.165) is 5.56 Å². The Balaban J connectivity index is 1.59. The fraction of sp³-hybridized carbons (Fsp3) is 0.217. The molecule has 2 aliphatic rings. The number of ether oxygens (including phenoxy) is 1. The zero-order chi connectivity index (χ0) is 22.0. The van der Waals surface area contributed by atoms with E-state index in [1.165, 1.54) is 6.07 Å². The third-order valence-corrected chi connectivity index (χ3v) is 6.16. The van der Waals surface area contributed by atoms with Crippen molar-refractivity contribution < 1.29 is 13.7 Å². The van der Waals surface area contributed by atoms with Gasteiger partial charge in [0.15, 0.2) is 17.0 Å². The Morgan fingerprint density at radius 2 is 2.00 bits per heavy atom. The fourth-order valence-electron chi connectivity index (χ4n) is 4.70. The van der Waals surface area contributed by atoms with Crippen LogP contribution in [0.1, 0.15) is 11.6 Å². The highest BCUT2D eigenvalue weighted by Crippen LogP contribution is 2.43. The second-order valence-corrected chi connectivity index (χ2v) is 8.03. The summed E-state index contributed by atoms with van der Waals surface area (Å²) in [5, 5.41) is 5.56. The molecule has 2 aliphatic heterocycles. The highest BCUT2D eigenvalue weighted by molar-refractivity contribution is 6.01. The molecule has 0 saturated carbocycles. The Kier molecular flexibility index (Phi) is 4.03. The van der Waals surface area contributed by atoms with Crippen LogP contribution in [0.5, 0.6) is 5.75 Å². The molecule has 0 spiro atoms. The molecule has 162 valence electrons. The number of pyridine rings is 1. The molecule has 1 unspecified atom stereocenters. The minimum absolute atomic E-state index is 0.0122. The quantitative estimate of drug-likeness (QED) is 0.504. The first-order chi connectivity index (χ1) is 15.5. The maximum absolute atomic E-state index is 15.5. The summed E-state index contributed by atoms with van der Waals surface area (Å²) >= 11 is 0. The van der Waals surface area contributed by atoms with Gasteiger partial charge in [-0.25, -0.2) is 4.39 Å². The van der Waals surface area contributed by atoms with Gasteiger partial charge in [0.25, 0.3) is 5.56 Å². The highest BCUT2D eigenvalue weighted by Gasteiger charge is 2.32. The van der Waals surface area contributed by atoms with Gasteiger partial charge >= 0.3 is 0 Å². The number of halogens is 1. The predicted molar refractivity (Wildman–Crippen MR) is 119 cm³/mol. The van der Waals surface area contributed by atoms with Crippen molar-refractivity contribution in [2.75, 3.05) is 31.1 Å². The molecule has 2 aromatic carbocycles. The topological polar surface area (TPSA) is 92.5 Å². The number of nitrogens with zero attached hydrogens (tertiary/aromatic N) is 2. The van der Waals surface area contributed by atoms with Gasteiger partial charge in [-0.1, -0.05) is 36.9 Å². The highest BCUT2D eigenvalue weighted by atomic mass is 19.1. The fourth-order valence-corrected chi connectivity index (χ4v) is 4.70. The minimum Gasteiger partial charge on any atom is -0.483 e. The zero-order valence-electron chi connectivity index (χ0n) is 17.0. The Morgan fingerprint density at radius 1 is 1.19 bits per heavy atom. The van der Waals surface area contributed by atoms with Gasteiger partial charge in [0.05, 0.1) is 11.1 Å². The molecule has 0 amide bonds. The van der Waals surface area contributed by atoms with Crippen molar-refractivity contribution >= 4 is 33.4 Å². The van der Waals surface area contributed by atoms with Crippen LogP contribution < -0.4 is 25.9 Å². The number of anilines is 1. The largest absolute Gasteiger partial charge is 0.483 e. The van der Waals surface area contributed by atoms with E-state index in [1.807, 2.05) is 35.2 Å². The first-order valence-electron chi connectivity index (χ1n) is 10.3. The van der Waals surface area contributed by atoms with Crippen molar-refractivity contribution in [2.24, 2.45) is 0 Å². The van der Waals surface area contributed by atoms with E-state index in [1.54, 1.807) is 4.57 Å². The van der Waals surface area contributed by atoms with Crippen LogP contribution in [0.2, 0.25) is 0 Å². The van der Waals surface area contributed by atoms with E-state index in [9.17, 15) is 9.59 Å². The van der Waals surface area contributed by atoms with Crippen LogP contribution in [0.15, 0.2) is 57.1 Å². The number of rotatable bonds is 2. The van der Waals surface area contributed by atoms with E-state index < -0.39 is 16.8 Å². The molecule has 0 aliphatic carbocycles. The summed E-state index contributed by atoms with van der Waals surface area (Å²) in [6.45, 7) is 5.80. The smallest absolute Gasteiger partial charge is 0.293 e. The average molecular weight is 434 g/mol. The molecule has 1 fully saturated rings. The summed E-state index contributed by atoms with van der Waals surface area (Å²) in [7, 11) is 0. The maximum atomic E-state index is 15.5. The van der Waals surface area contributed by atoms with Gasteiger partial charge in [-0.3, -0.25) is 14.2 Å². The molecule has 2 N–H and O–H groups in total. The summed E-state index contributed by atoms with van der Waals surface area (Å²) in [5.74, 6) is -0.319. The van der Waals surface area contributed by atoms with Crippen LogP contribution in [-0.2, 0) is 0 Å². The molecule has 32 heavy (non-hydrogen) atoms. The van der Waals surface area contributed by atoms with Crippen LogP contribution in [0.3, 0.4) is 0 Å². The van der Waals surface area contributed by atoms with E-state index in [-0.39, 0.29) is 40.6 Å². The summed E-state index contributed by atoms with van der Waals surface area (Å²) < 4.78 is 28.3. The number of fused-ring (bicyclic) bond motifs is 2. The number of nitrogens with one attached hydrogen (secondary N) is 2. The van der Waals surface area contributed by atoms with Gasteiger partial charge in [-0.05, 0) is 11.6 Å². The molecule has 1 atom stereocenters. The standard InChI is InChI=1S/C23H19FN4O4/c1-12-11-31-21-18-14(20(29)17-22(30)26-32-23(17)28(12)18)9-15(24)19(21)27-8-7-25-16(10-27)13-5-3-2-4-6-13/h2-6,9,16,25H,1,7-8,10-11H2,(H,26,30). The number of hydrogen-bond donors (Lipinski definition) is 2. The second-order valence-electron chi connectivity index (χ2n) is 8.03. The number of benzene rings is 2. The van der Waals surface area contributed by atoms with Crippen molar-refractivity contribution in [3.05, 3.63) is 74.9 Å². The minimum atomic E-state index is -0.659. The summed E-state index contributed by atoms with van der Waals surface area (Å²) in [4.78, 5) is 27.1. The first-order valence-corrected chi connectivity index (χ1v) is 10.3. The Labute approximate surface area is 180 Å². The van der Waals surface area contributed by atoms with Crippen LogP contribution >= 0.6 is 0 Å². The lowest BCUT2D eigenvalue weighted by Gasteiger charge is -2.37. The molecule has 1 saturated heterocycles. The molecule has 0 radical (unpaired) electrons. The van der Waals surface area contributed by atoms with Gasteiger partial charge in [-0.2, -0.15) is 5.16 Å². The van der Waals surface area contributed by atoms with Crippen LogP contribution in [0, 0.1) is 5.82 Å². The van der Waals surface area contributed by atoms with Crippen LogP contribution in [-0.4, -0.2) is 36.0 Å². The number of hydrogen-bond acceptors (Lipinski definition) is 6. The summed E-state index contributed by atoms with van der Waals surface area (Å²) in [5.41, 5.74) is 1.03. The molecular weight excluding hydrogens is 415 g/mol. The normalized spacial score (nSPS) is 18.3. The lowest BCUT2D eigenvalue weighted by molar-refractivity contribution is 0.351. The Morgan fingerprint density at radius 3 is 2.81 bits per heavy atom. The number of piperazine rings is 1. The van der Waals surface area contributed by atoms with Crippen molar-refractivity contribution in [1.29, 1.82) is 0 Å².